The molecule has 3 N–H and O–H groups in total. The Hall–Kier alpha value is -0.720. The molecule has 1 saturated heterocycles. The van der Waals surface area contributed by atoms with Crippen molar-refractivity contribution in [1.82, 2.24) is 5.43 Å². The fourth-order valence-corrected chi connectivity index (χ4v) is 3.11. The molecule has 0 saturated carbocycles. The van der Waals surface area contributed by atoms with Gasteiger partial charge in [0.05, 0.1) is 16.7 Å². The quantitative estimate of drug-likeness (QED) is 0.625. The third kappa shape index (κ3) is 3.73. The fraction of sp³-hybridized carbons (Fsp3) is 0.600. The molecule has 2 rings (SSSR count). The number of ether oxygens (including phenoxy) is 2. The standard InChI is InChI=1S/C15H22ClFN2O2/c1-2-21-15(6-8-20-9-7-15)13(19-18)10-11-4-3-5-12(16)14(11)17/h3-5,13,19H,2,6-10,18H2,1H3. The summed E-state index contributed by atoms with van der Waals surface area (Å²) in [5, 5.41) is 0.126. The summed E-state index contributed by atoms with van der Waals surface area (Å²) in [4.78, 5) is 0. The van der Waals surface area contributed by atoms with Crippen LogP contribution in [-0.4, -0.2) is 31.5 Å². The number of rotatable bonds is 6. The van der Waals surface area contributed by atoms with Crippen LogP contribution in [0.1, 0.15) is 25.3 Å². The number of nitrogens with one attached hydrogen (secondary N) is 1. The minimum absolute atomic E-state index is 0.126. The molecule has 1 atom stereocenters. The lowest BCUT2D eigenvalue weighted by molar-refractivity contribution is -0.126. The Morgan fingerprint density at radius 1 is 1.48 bits per heavy atom. The smallest absolute Gasteiger partial charge is 0.145 e. The molecule has 1 unspecified atom stereocenters. The molecule has 0 radical (unpaired) electrons. The van der Waals surface area contributed by atoms with Gasteiger partial charge >= 0.3 is 0 Å². The molecule has 1 aliphatic heterocycles. The summed E-state index contributed by atoms with van der Waals surface area (Å²) in [6, 6.07) is 4.81. The Bertz CT molecular complexity index is 461. The van der Waals surface area contributed by atoms with Crippen LogP contribution in [0.15, 0.2) is 18.2 Å². The number of halogens is 2. The third-order valence-electron chi connectivity index (χ3n) is 4.06. The van der Waals surface area contributed by atoms with Crippen molar-refractivity contribution in [3.8, 4) is 0 Å². The first-order valence-electron chi connectivity index (χ1n) is 7.23. The second kappa shape index (κ2) is 7.51. The highest BCUT2D eigenvalue weighted by Gasteiger charge is 2.41. The molecule has 0 aliphatic carbocycles. The molecule has 1 fully saturated rings. The van der Waals surface area contributed by atoms with E-state index in [9.17, 15) is 4.39 Å². The van der Waals surface area contributed by atoms with E-state index in [0.29, 0.717) is 31.8 Å². The second-order valence-electron chi connectivity index (χ2n) is 5.25. The van der Waals surface area contributed by atoms with Crippen LogP contribution in [0.3, 0.4) is 0 Å². The molecule has 0 aromatic heterocycles. The molecule has 0 spiro atoms. The summed E-state index contributed by atoms with van der Waals surface area (Å²) in [5.41, 5.74) is 2.91. The van der Waals surface area contributed by atoms with Crippen molar-refractivity contribution >= 4 is 11.6 Å². The van der Waals surface area contributed by atoms with E-state index < -0.39 is 11.4 Å². The maximum absolute atomic E-state index is 14.1. The zero-order chi connectivity index (χ0) is 15.3. The number of hydrogen-bond acceptors (Lipinski definition) is 4. The number of nitrogens with two attached hydrogens (primary N) is 1. The first kappa shape index (κ1) is 16.6. The molecule has 1 aromatic rings. The SMILES string of the molecule is CCOC1(C(Cc2cccc(Cl)c2F)NN)CCOCC1. The van der Waals surface area contributed by atoms with Gasteiger partial charge < -0.3 is 9.47 Å². The largest absolute Gasteiger partial charge is 0.381 e. The van der Waals surface area contributed by atoms with Crippen LogP contribution in [0.25, 0.3) is 0 Å². The zero-order valence-corrected chi connectivity index (χ0v) is 13.0. The minimum Gasteiger partial charge on any atom is -0.381 e. The minimum atomic E-state index is -0.434. The van der Waals surface area contributed by atoms with Gasteiger partial charge in [-0.1, -0.05) is 23.7 Å². The van der Waals surface area contributed by atoms with E-state index in [4.69, 9.17) is 26.9 Å². The Kier molecular flexibility index (Phi) is 5.96. The third-order valence-corrected chi connectivity index (χ3v) is 4.35. The van der Waals surface area contributed by atoms with Crippen LogP contribution in [0.4, 0.5) is 4.39 Å². The van der Waals surface area contributed by atoms with Gasteiger partial charge in [-0.25, -0.2) is 4.39 Å². The first-order valence-corrected chi connectivity index (χ1v) is 7.61. The van der Waals surface area contributed by atoms with Crippen molar-refractivity contribution in [1.29, 1.82) is 0 Å². The van der Waals surface area contributed by atoms with Gasteiger partial charge in [-0.2, -0.15) is 0 Å². The van der Waals surface area contributed by atoms with Crippen molar-refractivity contribution in [2.24, 2.45) is 5.84 Å². The Morgan fingerprint density at radius 3 is 2.81 bits per heavy atom. The molecule has 0 bridgehead atoms. The van der Waals surface area contributed by atoms with Gasteiger partial charge in [-0.05, 0) is 25.0 Å². The molecule has 1 heterocycles. The van der Waals surface area contributed by atoms with E-state index in [1.54, 1.807) is 12.1 Å². The van der Waals surface area contributed by atoms with E-state index in [0.717, 1.165) is 12.8 Å². The van der Waals surface area contributed by atoms with Gasteiger partial charge in [0, 0.05) is 32.7 Å². The average molecular weight is 317 g/mol. The first-order chi connectivity index (χ1) is 10.1. The summed E-state index contributed by atoms with van der Waals surface area (Å²) in [6.07, 6.45) is 1.89. The second-order valence-corrected chi connectivity index (χ2v) is 5.65. The highest BCUT2D eigenvalue weighted by molar-refractivity contribution is 6.30. The van der Waals surface area contributed by atoms with E-state index in [1.165, 1.54) is 6.07 Å². The molecule has 21 heavy (non-hydrogen) atoms. The van der Waals surface area contributed by atoms with E-state index in [-0.39, 0.29) is 11.1 Å². The fourth-order valence-electron chi connectivity index (χ4n) is 2.92. The average Bonchev–Trinajstić information content (AvgIpc) is 2.50. The zero-order valence-electron chi connectivity index (χ0n) is 12.2. The van der Waals surface area contributed by atoms with E-state index in [1.807, 2.05) is 6.92 Å². The molecule has 1 aromatic carbocycles. The van der Waals surface area contributed by atoms with E-state index >= 15 is 0 Å². The van der Waals surface area contributed by atoms with Gasteiger partial charge in [0.15, 0.2) is 0 Å². The van der Waals surface area contributed by atoms with Crippen molar-refractivity contribution in [3.05, 3.63) is 34.6 Å². The molecular formula is C15H22ClFN2O2. The Balaban J connectivity index is 2.22. The van der Waals surface area contributed by atoms with Crippen LogP contribution in [0.2, 0.25) is 5.02 Å². The van der Waals surface area contributed by atoms with Gasteiger partial charge in [0.1, 0.15) is 5.82 Å². The molecular weight excluding hydrogens is 295 g/mol. The topological polar surface area (TPSA) is 56.5 Å². The summed E-state index contributed by atoms with van der Waals surface area (Å²) in [5.74, 6) is 5.34. The highest BCUT2D eigenvalue weighted by Crippen LogP contribution is 2.31. The molecule has 118 valence electrons. The number of hydrogen-bond donors (Lipinski definition) is 2. The van der Waals surface area contributed by atoms with Crippen molar-refractivity contribution in [2.75, 3.05) is 19.8 Å². The van der Waals surface area contributed by atoms with Crippen molar-refractivity contribution in [2.45, 2.75) is 37.8 Å². The maximum atomic E-state index is 14.1. The van der Waals surface area contributed by atoms with E-state index in [2.05, 4.69) is 5.43 Å². The number of benzene rings is 1. The molecule has 0 amide bonds. The lowest BCUT2D eigenvalue weighted by atomic mass is 9.83. The van der Waals surface area contributed by atoms with Crippen LogP contribution >= 0.6 is 11.6 Å². The van der Waals surface area contributed by atoms with Gasteiger partial charge in [-0.3, -0.25) is 11.3 Å². The Labute approximate surface area is 129 Å². The predicted molar refractivity (Wildman–Crippen MR) is 80.6 cm³/mol. The highest BCUT2D eigenvalue weighted by atomic mass is 35.5. The maximum Gasteiger partial charge on any atom is 0.145 e. The van der Waals surface area contributed by atoms with Crippen molar-refractivity contribution in [3.63, 3.8) is 0 Å². The van der Waals surface area contributed by atoms with Crippen LogP contribution in [0.5, 0.6) is 0 Å². The monoisotopic (exact) mass is 316 g/mol. The summed E-state index contributed by atoms with van der Waals surface area (Å²) >= 11 is 5.84. The van der Waals surface area contributed by atoms with Gasteiger partial charge in [0.25, 0.3) is 0 Å². The van der Waals surface area contributed by atoms with Crippen LogP contribution in [0, 0.1) is 5.82 Å². The lowest BCUT2D eigenvalue weighted by Crippen LogP contribution is -2.58. The number of hydrazine groups is 1. The molecule has 1 aliphatic rings. The summed E-state index contributed by atoms with van der Waals surface area (Å²) in [7, 11) is 0. The van der Waals surface area contributed by atoms with Crippen LogP contribution in [-0.2, 0) is 15.9 Å². The van der Waals surface area contributed by atoms with Crippen LogP contribution < -0.4 is 11.3 Å². The Morgan fingerprint density at radius 2 is 2.19 bits per heavy atom. The summed E-state index contributed by atoms with van der Waals surface area (Å²) < 4.78 is 25.5. The predicted octanol–water partition coefficient (Wildman–Crippen LogP) is 2.44. The van der Waals surface area contributed by atoms with Gasteiger partial charge in [0.2, 0.25) is 0 Å². The normalized spacial score (nSPS) is 19.4. The van der Waals surface area contributed by atoms with Gasteiger partial charge in [-0.15, -0.1) is 0 Å². The van der Waals surface area contributed by atoms with Crippen molar-refractivity contribution < 1.29 is 13.9 Å². The molecule has 6 heteroatoms. The molecule has 4 nitrogen and oxygen atoms in total. The summed E-state index contributed by atoms with van der Waals surface area (Å²) in [6.45, 7) is 3.77. The lowest BCUT2D eigenvalue weighted by Gasteiger charge is -2.43.